The molecule has 0 saturated carbocycles. The van der Waals surface area contributed by atoms with Gasteiger partial charge in [0.1, 0.15) is 5.75 Å². The Hall–Kier alpha value is -2.50. The zero-order chi connectivity index (χ0) is 17.9. The second-order valence-corrected chi connectivity index (χ2v) is 6.82. The van der Waals surface area contributed by atoms with Gasteiger partial charge in [-0.15, -0.1) is 0 Å². The summed E-state index contributed by atoms with van der Waals surface area (Å²) in [7, 11) is 0. The summed E-state index contributed by atoms with van der Waals surface area (Å²) in [5.74, 6) is 1.77. The van der Waals surface area contributed by atoms with E-state index in [2.05, 4.69) is 14.8 Å². The van der Waals surface area contributed by atoms with Crippen molar-refractivity contribution in [1.82, 2.24) is 9.88 Å². The van der Waals surface area contributed by atoms with Crippen molar-refractivity contribution in [3.05, 3.63) is 65.6 Å². The predicted molar refractivity (Wildman–Crippen MR) is 103 cm³/mol. The van der Waals surface area contributed by atoms with Gasteiger partial charge >= 0.3 is 0 Å². The molecular weight excluding hydrogens is 350 g/mol. The number of rotatable bonds is 4. The first-order valence-electron chi connectivity index (χ1n) is 8.65. The number of aromatic hydroxyl groups is 1. The van der Waals surface area contributed by atoms with Crippen molar-refractivity contribution in [1.29, 1.82) is 0 Å². The molecule has 1 aliphatic heterocycles. The van der Waals surface area contributed by atoms with Crippen LogP contribution in [0.5, 0.6) is 5.75 Å². The highest BCUT2D eigenvalue weighted by molar-refractivity contribution is 6.30. The maximum absolute atomic E-state index is 10.0. The normalized spacial score (nSPS) is 15.3. The minimum absolute atomic E-state index is 0.333. The second kappa shape index (κ2) is 7.40. The number of benzene rings is 2. The Kier molecular flexibility index (Phi) is 4.82. The van der Waals surface area contributed by atoms with Crippen molar-refractivity contribution in [2.75, 3.05) is 31.1 Å². The van der Waals surface area contributed by atoms with E-state index in [0.29, 0.717) is 23.2 Å². The molecule has 2 heterocycles. The summed E-state index contributed by atoms with van der Waals surface area (Å²) >= 11 is 6.04. The third kappa shape index (κ3) is 3.69. The molecule has 1 saturated heterocycles. The van der Waals surface area contributed by atoms with Crippen LogP contribution in [-0.4, -0.2) is 41.2 Å². The number of hydrogen-bond acceptors (Lipinski definition) is 5. The van der Waals surface area contributed by atoms with Crippen LogP contribution in [0, 0.1) is 0 Å². The van der Waals surface area contributed by atoms with Crippen LogP contribution < -0.4 is 4.90 Å². The van der Waals surface area contributed by atoms with Crippen LogP contribution in [0.3, 0.4) is 0 Å². The van der Waals surface area contributed by atoms with Crippen LogP contribution in [0.2, 0.25) is 5.02 Å². The monoisotopic (exact) mass is 369 g/mol. The molecule has 1 fully saturated rings. The van der Waals surface area contributed by atoms with E-state index in [9.17, 15) is 5.11 Å². The molecule has 26 heavy (non-hydrogen) atoms. The van der Waals surface area contributed by atoms with Crippen molar-refractivity contribution < 1.29 is 9.52 Å². The maximum Gasteiger partial charge on any atom is 0.209 e. The fourth-order valence-corrected chi connectivity index (χ4v) is 3.42. The van der Waals surface area contributed by atoms with Gasteiger partial charge in [0, 0.05) is 36.8 Å². The minimum atomic E-state index is 0.333. The average Bonchev–Trinajstić information content (AvgIpc) is 3.12. The largest absolute Gasteiger partial charge is 0.506 e. The molecule has 0 radical (unpaired) electrons. The molecule has 0 bridgehead atoms. The van der Waals surface area contributed by atoms with E-state index in [1.54, 1.807) is 12.3 Å². The van der Waals surface area contributed by atoms with Crippen molar-refractivity contribution >= 4 is 17.3 Å². The number of piperazine rings is 1. The molecular formula is C20H20ClN3O2. The van der Waals surface area contributed by atoms with Gasteiger partial charge in [0.15, 0.2) is 5.76 Å². The molecule has 1 aliphatic rings. The van der Waals surface area contributed by atoms with Gasteiger partial charge in [-0.1, -0.05) is 35.9 Å². The van der Waals surface area contributed by atoms with Gasteiger partial charge in [-0.25, -0.2) is 4.98 Å². The van der Waals surface area contributed by atoms with Crippen molar-refractivity contribution in [2.24, 2.45) is 0 Å². The molecule has 5 nitrogen and oxygen atoms in total. The molecule has 6 heteroatoms. The van der Waals surface area contributed by atoms with E-state index >= 15 is 0 Å². The summed E-state index contributed by atoms with van der Waals surface area (Å²) < 4.78 is 5.89. The summed E-state index contributed by atoms with van der Waals surface area (Å²) in [6.45, 7) is 4.18. The lowest BCUT2D eigenvalue weighted by Gasteiger charge is -2.35. The van der Waals surface area contributed by atoms with Gasteiger partial charge in [0.05, 0.1) is 18.4 Å². The van der Waals surface area contributed by atoms with E-state index in [-0.39, 0.29) is 0 Å². The molecule has 134 valence electrons. The molecule has 0 unspecified atom stereocenters. The summed E-state index contributed by atoms with van der Waals surface area (Å²) in [5, 5.41) is 10.7. The van der Waals surface area contributed by atoms with Gasteiger partial charge in [-0.2, -0.15) is 0 Å². The number of hydrogen-bond donors (Lipinski definition) is 1. The van der Waals surface area contributed by atoms with Crippen LogP contribution in [0.4, 0.5) is 5.69 Å². The molecule has 4 rings (SSSR count). The summed E-state index contributed by atoms with van der Waals surface area (Å²) in [6.07, 6.45) is 1.75. The SMILES string of the molecule is Oc1ccccc1N1CCN(Cc2ncc(-c3cccc(Cl)c3)o2)CC1. The Labute approximate surface area is 157 Å². The van der Waals surface area contributed by atoms with E-state index in [4.69, 9.17) is 16.0 Å². The lowest BCUT2D eigenvalue weighted by atomic mass is 10.2. The van der Waals surface area contributed by atoms with Crippen LogP contribution in [0.1, 0.15) is 5.89 Å². The molecule has 1 N–H and O–H groups in total. The standard InChI is InChI=1S/C20H20ClN3O2/c21-16-5-3-4-15(12-16)19-13-22-20(26-19)14-23-8-10-24(11-9-23)17-6-1-2-7-18(17)25/h1-7,12-13,25H,8-11,14H2. The van der Waals surface area contributed by atoms with Crippen molar-refractivity contribution in [3.8, 4) is 17.1 Å². The molecule has 0 atom stereocenters. The van der Waals surface area contributed by atoms with Crippen molar-refractivity contribution in [3.63, 3.8) is 0 Å². The zero-order valence-electron chi connectivity index (χ0n) is 14.3. The highest BCUT2D eigenvalue weighted by Crippen LogP contribution is 2.28. The average molecular weight is 370 g/mol. The fourth-order valence-electron chi connectivity index (χ4n) is 3.23. The molecule has 0 spiro atoms. The number of para-hydroxylation sites is 2. The van der Waals surface area contributed by atoms with Crippen LogP contribution >= 0.6 is 11.6 Å². The van der Waals surface area contributed by atoms with E-state index in [0.717, 1.165) is 43.2 Å². The van der Waals surface area contributed by atoms with E-state index in [1.165, 1.54) is 0 Å². The van der Waals surface area contributed by atoms with Gasteiger partial charge < -0.3 is 14.4 Å². The number of halogens is 1. The first kappa shape index (κ1) is 16.9. The number of aromatic nitrogens is 1. The summed E-state index contributed by atoms with van der Waals surface area (Å²) in [4.78, 5) is 8.92. The molecule has 3 aromatic rings. The first-order chi connectivity index (χ1) is 12.7. The molecule has 1 aromatic heterocycles. The van der Waals surface area contributed by atoms with Gasteiger partial charge in [0.25, 0.3) is 0 Å². The second-order valence-electron chi connectivity index (χ2n) is 6.38. The Morgan fingerprint density at radius 3 is 2.62 bits per heavy atom. The lowest BCUT2D eigenvalue weighted by Crippen LogP contribution is -2.46. The molecule has 2 aromatic carbocycles. The van der Waals surface area contributed by atoms with Crippen molar-refractivity contribution in [2.45, 2.75) is 6.54 Å². The quantitative estimate of drug-likeness (QED) is 0.752. The third-order valence-corrected chi connectivity index (χ3v) is 4.85. The Morgan fingerprint density at radius 2 is 1.85 bits per heavy atom. The van der Waals surface area contributed by atoms with E-state index in [1.807, 2.05) is 42.5 Å². The van der Waals surface area contributed by atoms with Crippen LogP contribution in [0.15, 0.2) is 59.1 Å². The number of phenols is 1. The smallest absolute Gasteiger partial charge is 0.209 e. The lowest BCUT2D eigenvalue weighted by molar-refractivity contribution is 0.226. The Balaban J connectivity index is 1.37. The molecule has 0 aliphatic carbocycles. The van der Waals surface area contributed by atoms with Crippen LogP contribution in [-0.2, 0) is 6.54 Å². The number of oxazole rings is 1. The number of anilines is 1. The Bertz CT molecular complexity index is 888. The number of nitrogens with zero attached hydrogens (tertiary/aromatic N) is 3. The highest BCUT2D eigenvalue weighted by Gasteiger charge is 2.20. The highest BCUT2D eigenvalue weighted by atomic mass is 35.5. The Morgan fingerprint density at radius 1 is 1.04 bits per heavy atom. The maximum atomic E-state index is 10.0. The third-order valence-electron chi connectivity index (χ3n) is 4.62. The van der Waals surface area contributed by atoms with Gasteiger partial charge in [-0.05, 0) is 24.3 Å². The summed E-state index contributed by atoms with van der Waals surface area (Å²) in [5.41, 5.74) is 1.83. The van der Waals surface area contributed by atoms with Gasteiger partial charge in [0.2, 0.25) is 5.89 Å². The topological polar surface area (TPSA) is 52.7 Å². The number of phenolic OH excluding ortho intramolecular Hbond substituents is 1. The minimum Gasteiger partial charge on any atom is -0.506 e. The summed E-state index contributed by atoms with van der Waals surface area (Å²) in [6, 6.07) is 15.0. The van der Waals surface area contributed by atoms with Gasteiger partial charge in [-0.3, -0.25) is 4.90 Å². The van der Waals surface area contributed by atoms with Crippen LogP contribution in [0.25, 0.3) is 11.3 Å². The fraction of sp³-hybridized carbons (Fsp3) is 0.250. The predicted octanol–water partition coefficient (Wildman–Crippen LogP) is 4.02. The molecule has 0 amide bonds. The first-order valence-corrected chi connectivity index (χ1v) is 9.03. The zero-order valence-corrected chi connectivity index (χ0v) is 15.1. The van der Waals surface area contributed by atoms with E-state index < -0.39 is 0 Å².